The minimum Gasteiger partial charge on any atom is -0.465 e. The van der Waals surface area contributed by atoms with E-state index in [-0.39, 0.29) is 23.7 Å². The van der Waals surface area contributed by atoms with Gasteiger partial charge in [0.1, 0.15) is 5.82 Å². The Labute approximate surface area is 268 Å². The largest absolute Gasteiger partial charge is 0.465 e. The van der Waals surface area contributed by atoms with Crippen LogP contribution in [0.4, 0.5) is 20.1 Å². The van der Waals surface area contributed by atoms with Gasteiger partial charge in [0.05, 0.1) is 34.0 Å². The maximum absolute atomic E-state index is 15.9. The number of aliphatic hydroxyl groups is 1. The van der Waals surface area contributed by atoms with Crippen molar-refractivity contribution in [3.63, 3.8) is 0 Å². The lowest BCUT2D eigenvalue weighted by Gasteiger charge is -2.47. The fourth-order valence-corrected chi connectivity index (χ4v) is 7.24. The third-order valence-corrected chi connectivity index (χ3v) is 9.96. The van der Waals surface area contributed by atoms with Crippen LogP contribution in [0, 0.1) is 5.82 Å². The second-order valence-corrected chi connectivity index (χ2v) is 13.1. The lowest BCUT2D eigenvalue weighted by molar-refractivity contribution is 0.0239. The van der Waals surface area contributed by atoms with Crippen LogP contribution >= 0.6 is 23.1 Å². The third-order valence-electron chi connectivity index (χ3n) is 7.91. The number of carbonyl (C=O) groups is 2. The van der Waals surface area contributed by atoms with Gasteiger partial charge in [0.2, 0.25) is 0 Å². The van der Waals surface area contributed by atoms with Gasteiger partial charge in [-0.15, -0.1) is 0 Å². The Morgan fingerprint density at radius 3 is 2.49 bits per heavy atom. The molecule has 11 nitrogen and oxygen atoms in total. The highest BCUT2D eigenvalue weighted by Gasteiger charge is 2.43. The number of carboxylic acid groups (broad SMARTS) is 1. The molecular formula is C31H34FN7O4S2. The van der Waals surface area contributed by atoms with E-state index in [9.17, 15) is 14.7 Å². The van der Waals surface area contributed by atoms with Crippen molar-refractivity contribution in [1.29, 1.82) is 0 Å². The van der Waals surface area contributed by atoms with E-state index in [1.807, 2.05) is 30.3 Å². The number of rotatable bonds is 11. The van der Waals surface area contributed by atoms with Gasteiger partial charge in [0, 0.05) is 46.1 Å². The number of β-amino-alcohol motifs (C(OH)–C–C–N with tert-alkyl or cyclic N) is 1. The van der Waals surface area contributed by atoms with Crippen LogP contribution in [0.5, 0.6) is 0 Å². The average Bonchev–Trinajstić information content (AvgIpc) is 3.49. The zero-order valence-corrected chi connectivity index (χ0v) is 26.5. The zero-order valence-electron chi connectivity index (χ0n) is 24.9. The number of nitrogens with zero attached hydrogens (tertiary/aromatic N) is 6. The average molecular weight is 652 g/mol. The molecule has 14 heteroatoms. The number of anilines is 2. The van der Waals surface area contributed by atoms with E-state index in [2.05, 4.69) is 25.2 Å². The van der Waals surface area contributed by atoms with Crippen LogP contribution in [0.1, 0.15) is 34.5 Å². The second kappa shape index (κ2) is 14.3. The van der Waals surface area contributed by atoms with Gasteiger partial charge in [0.25, 0.3) is 5.91 Å². The van der Waals surface area contributed by atoms with Crippen LogP contribution in [-0.2, 0) is 12.1 Å². The smallest absolute Gasteiger partial charge is 0.407 e. The second-order valence-electron chi connectivity index (χ2n) is 10.7. The first-order valence-corrected chi connectivity index (χ1v) is 15.9. The van der Waals surface area contributed by atoms with Gasteiger partial charge in [-0.2, -0.15) is 0 Å². The summed E-state index contributed by atoms with van der Waals surface area (Å²) < 4.78 is 16.6. The van der Waals surface area contributed by atoms with E-state index in [4.69, 9.17) is 5.11 Å². The number of carbonyl (C=O) groups excluding carboxylic acids is 1. The number of benzene rings is 1. The number of halogens is 1. The molecule has 0 saturated carbocycles. The van der Waals surface area contributed by atoms with Crippen LogP contribution < -0.4 is 5.32 Å². The fraction of sp³-hybridized carbons (Fsp3) is 0.323. The molecule has 0 atom stereocenters. The van der Waals surface area contributed by atoms with Crippen molar-refractivity contribution < 1.29 is 24.2 Å². The standard InChI is InChI=1S/C31H34FN7O4S2/c1-37(30(42)43)20-21-8-9-24(34-18-21)36-29-35-19-25(45-29)44-23-10-13-33-27(26(23)32)28(41)38(2)31(22-6-4-3-5-7-22)11-14-39(15-12-31)16-17-40/h3-10,13,18-19,40H,11-12,14-17,20H2,1-2H3,(H,42,43)(H,34,35,36). The topological polar surface area (TPSA) is 135 Å². The van der Waals surface area contributed by atoms with E-state index < -0.39 is 23.4 Å². The molecule has 4 aromatic rings. The van der Waals surface area contributed by atoms with Crippen molar-refractivity contribution in [3.05, 3.63) is 89.8 Å². The molecule has 45 heavy (non-hydrogen) atoms. The maximum Gasteiger partial charge on any atom is 0.407 e. The van der Waals surface area contributed by atoms with Crippen molar-refractivity contribution in [3.8, 4) is 0 Å². The Morgan fingerprint density at radius 2 is 1.82 bits per heavy atom. The summed E-state index contributed by atoms with van der Waals surface area (Å²) in [5.41, 5.74) is 0.845. The number of aromatic nitrogens is 3. The van der Waals surface area contributed by atoms with Crippen LogP contribution in [-0.4, -0.2) is 92.2 Å². The summed E-state index contributed by atoms with van der Waals surface area (Å²) >= 11 is 2.46. The molecule has 0 radical (unpaired) electrons. The number of pyridine rings is 2. The normalized spacial score (nSPS) is 14.6. The Morgan fingerprint density at radius 1 is 1.07 bits per heavy atom. The number of thiazole rings is 1. The van der Waals surface area contributed by atoms with E-state index in [0.29, 0.717) is 47.6 Å². The summed E-state index contributed by atoms with van der Waals surface area (Å²) in [4.78, 5) is 43.0. The van der Waals surface area contributed by atoms with E-state index in [1.54, 1.807) is 42.5 Å². The predicted octanol–water partition coefficient (Wildman–Crippen LogP) is 5.13. The summed E-state index contributed by atoms with van der Waals surface area (Å²) in [5.74, 6) is -0.653. The van der Waals surface area contributed by atoms with E-state index in [1.165, 1.54) is 24.6 Å². The molecule has 5 rings (SSSR count). The molecule has 0 unspecified atom stereocenters. The summed E-state index contributed by atoms with van der Waals surface area (Å²) in [5, 5.41) is 22.1. The molecular weight excluding hydrogens is 618 g/mol. The third kappa shape index (κ3) is 7.41. The van der Waals surface area contributed by atoms with Crippen molar-refractivity contribution in [2.24, 2.45) is 0 Å². The highest BCUT2D eigenvalue weighted by atomic mass is 32.2. The number of likely N-dealkylation sites (tertiary alicyclic amines) is 1. The minimum atomic E-state index is -1.02. The summed E-state index contributed by atoms with van der Waals surface area (Å²) in [7, 11) is 3.20. The van der Waals surface area contributed by atoms with Crippen molar-refractivity contribution in [1.82, 2.24) is 29.7 Å². The first kappa shape index (κ1) is 32.3. The molecule has 2 amide bonds. The number of nitrogens with one attached hydrogen (secondary N) is 1. The Balaban J connectivity index is 1.29. The molecule has 0 spiro atoms. The molecule has 1 fully saturated rings. The fourth-order valence-electron chi connectivity index (χ4n) is 5.38. The molecule has 3 N–H and O–H groups in total. The molecule has 1 aliphatic rings. The Hall–Kier alpha value is -4.11. The lowest BCUT2D eigenvalue weighted by Crippen LogP contribution is -2.54. The number of hydrogen-bond donors (Lipinski definition) is 3. The van der Waals surface area contributed by atoms with Gasteiger partial charge in [0.15, 0.2) is 16.6 Å². The molecule has 3 aromatic heterocycles. The first-order valence-electron chi connectivity index (χ1n) is 14.3. The highest BCUT2D eigenvalue weighted by Crippen LogP contribution is 2.40. The quantitative estimate of drug-likeness (QED) is 0.200. The van der Waals surface area contributed by atoms with Crippen LogP contribution in [0.25, 0.3) is 0 Å². The molecule has 236 valence electrons. The lowest BCUT2D eigenvalue weighted by atomic mass is 9.79. The van der Waals surface area contributed by atoms with Gasteiger partial charge in [-0.3, -0.25) is 4.79 Å². The highest BCUT2D eigenvalue weighted by molar-refractivity contribution is 8.01. The van der Waals surface area contributed by atoms with E-state index in [0.717, 1.165) is 27.8 Å². The number of piperidine rings is 1. The Bertz CT molecular complexity index is 1620. The van der Waals surface area contributed by atoms with Crippen molar-refractivity contribution in [2.45, 2.75) is 34.0 Å². The van der Waals surface area contributed by atoms with Crippen molar-refractivity contribution in [2.75, 3.05) is 45.7 Å². The minimum absolute atomic E-state index is 0.0716. The summed E-state index contributed by atoms with van der Waals surface area (Å²) in [6.07, 6.45) is 4.91. The number of amides is 2. The van der Waals surface area contributed by atoms with Crippen LogP contribution in [0.3, 0.4) is 0 Å². The van der Waals surface area contributed by atoms with Crippen molar-refractivity contribution >= 4 is 46.0 Å². The van der Waals surface area contributed by atoms with Gasteiger partial charge >= 0.3 is 6.09 Å². The van der Waals surface area contributed by atoms with Gasteiger partial charge in [-0.25, -0.2) is 24.1 Å². The van der Waals surface area contributed by atoms with Gasteiger partial charge in [-0.05, 0) is 36.1 Å². The zero-order chi connectivity index (χ0) is 32.0. The first-order chi connectivity index (χ1) is 21.7. The van der Waals surface area contributed by atoms with Gasteiger partial charge in [-0.1, -0.05) is 59.5 Å². The van der Waals surface area contributed by atoms with E-state index >= 15 is 4.39 Å². The number of hydrogen-bond acceptors (Lipinski definition) is 10. The monoisotopic (exact) mass is 651 g/mol. The molecule has 0 aliphatic carbocycles. The maximum atomic E-state index is 15.9. The molecule has 1 saturated heterocycles. The Kier molecular flexibility index (Phi) is 10.3. The molecule has 0 bridgehead atoms. The van der Waals surface area contributed by atoms with Crippen LogP contribution in [0.2, 0.25) is 0 Å². The SMILES string of the molecule is CN(Cc1ccc(Nc2ncc(Sc3ccnc(C(=O)N(C)C4(c5ccccc5)CCN(CCO)CC4)c3F)s2)nc1)C(=O)O. The summed E-state index contributed by atoms with van der Waals surface area (Å²) in [6, 6.07) is 14.9. The summed E-state index contributed by atoms with van der Waals surface area (Å²) in [6.45, 7) is 2.25. The molecule has 1 aromatic carbocycles. The number of aliphatic hydroxyl groups excluding tert-OH is 1. The molecule has 1 aliphatic heterocycles. The van der Waals surface area contributed by atoms with Gasteiger partial charge < -0.3 is 30.2 Å². The predicted molar refractivity (Wildman–Crippen MR) is 170 cm³/mol. The molecule has 4 heterocycles. The van der Waals surface area contributed by atoms with Crippen LogP contribution in [0.15, 0.2) is 76.2 Å².